The molecule has 14 heavy (non-hydrogen) atoms. The van der Waals surface area contributed by atoms with Gasteiger partial charge in [0, 0.05) is 5.39 Å². The zero-order chi connectivity index (χ0) is 10.1. The van der Waals surface area contributed by atoms with Crippen molar-refractivity contribution < 1.29 is 9.66 Å². The molecule has 1 atom stereocenters. The van der Waals surface area contributed by atoms with Crippen LogP contribution in [0.15, 0.2) is 41.3 Å². The minimum atomic E-state index is -0.992. The Morgan fingerprint density at radius 3 is 2.71 bits per heavy atom. The molecule has 0 amide bonds. The van der Waals surface area contributed by atoms with Crippen LogP contribution in [0.3, 0.4) is 0 Å². The fourth-order valence-electron chi connectivity index (χ4n) is 1.49. The van der Waals surface area contributed by atoms with Crippen molar-refractivity contribution in [2.75, 3.05) is 6.26 Å². The van der Waals surface area contributed by atoms with Gasteiger partial charge in [0.15, 0.2) is 4.90 Å². The maximum atomic E-state index is 11.4. The van der Waals surface area contributed by atoms with Gasteiger partial charge in [0.05, 0.1) is 0 Å². The van der Waals surface area contributed by atoms with Crippen LogP contribution in [0.1, 0.15) is 0 Å². The highest BCUT2D eigenvalue weighted by atomic mass is 32.2. The third-order valence-corrected chi connectivity index (χ3v) is 3.11. The van der Waals surface area contributed by atoms with Crippen LogP contribution in [-0.4, -0.2) is 15.9 Å². The van der Waals surface area contributed by atoms with Crippen LogP contribution in [0.4, 0.5) is 0 Å². The predicted molar refractivity (Wildman–Crippen MR) is 57.9 cm³/mol. The SMILES string of the molecule is C[S+]([O-])c1cccc2cc(O)ccc12. The summed E-state index contributed by atoms with van der Waals surface area (Å²) in [6.45, 7) is 0. The number of hydrogen-bond acceptors (Lipinski definition) is 2. The van der Waals surface area contributed by atoms with Crippen molar-refractivity contribution in [3.8, 4) is 5.75 Å². The van der Waals surface area contributed by atoms with Crippen molar-refractivity contribution in [2.45, 2.75) is 4.90 Å². The topological polar surface area (TPSA) is 43.3 Å². The largest absolute Gasteiger partial charge is 0.612 e. The fourth-order valence-corrected chi connectivity index (χ4v) is 2.26. The van der Waals surface area contributed by atoms with E-state index in [1.807, 2.05) is 18.2 Å². The van der Waals surface area contributed by atoms with Gasteiger partial charge in [-0.25, -0.2) is 0 Å². The van der Waals surface area contributed by atoms with Crippen LogP contribution in [-0.2, 0) is 11.2 Å². The third-order valence-electron chi connectivity index (χ3n) is 2.13. The van der Waals surface area contributed by atoms with Crippen molar-refractivity contribution >= 4 is 21.9 Å². The third kappa shape index (κ3) is 1.56. The average molecular weight is 206 g/mol. The monoisotopic (exact) mass is 206 g/mol. The summed E-state index contributed by atoms with van der Waals surface area (Å²) in [6.07, 6.45) is 1.65. The van der Waals surface area contributed by atoms with Crippen LogP contribution < -0.4 is 0 Å². The van der Waals surface area contributed by atoms with Gasteiger partial charge < -0.3 is 9.66 Å². The first-order chi connectivity index (χ1) is 6.68. The molecule has 72 valence electrons. The lowest BCUT2D eigenvalue weighted by atomic mass is 10.1. The van der Waals surface area contributed by atoms with Crippen molar-refractivity contribution in [1.82, 2.24) is 0 Å². The molecule has 0 aliphatic heterocycles. The first-order valence-electron chi connectivity index (χ1n) is 4.23. The first-order valence-corrected chi connectivity index (χ1v) is 5.79. The second-order valence-corrected chi connectivity index (χ2v) is 4.46. The van der Waals surface area contributed by atoms with Crippen LogP contribution in [0.2, 0.25) is 0 Å². The minimum Gasteiger partial charge on any atom is -0.612 e. The molecule has 2 aromatic carbocycles. The highest BCUT2D eigenvalue weighted by Gasteiger charge is 2.09. The number of phenols is 1. The summed E-state index contributed by atoms with van der Waals surface area (Å²) in [6, 6.07) is 10.7. The summed E-state index contributed by atoms with van der Waals surface area (Å²) in [4.78, 5) is 0.808. The number of rotatable bonds is 1. The molecule has 1 unspecified atom stereocenters. The number of benzene rings is 2. The molecule has 0 aromatic heterocycles. The van der Waals surface area contributed by atoms with Crippen molar-refractivity contribution in [2.24, 2.45) is 0 Å². The van der Waals surface area contributed by atoms with E-state index >= 15 is 0 Å². The number of aromatic hydroxyl groups is 1. The Balaban J connectivity index is 2.75. The molecule has 0 heterocycles. The zero-order valence-corrected chi connectivity index (χ0v) is 8.54. The molecular weight excluding hydrogens is 196 g/mol. The van der Waals surface area contributed by atoms with Crippen molar-refractivity contribution in [1.29, 1.82) is 0 Å². The standard InChI is InChI=1S/C11H10O2S/c1-14(13)11-4-2-3-8-7-9(12)5-6-10(8)11/h2-7,12H,1H3. The summed E-state index contributed by atoms with van der Waals surface area (Å²) >= 11 is -0.992. The van der Waals surface area contributed by atoms with Crippen LogP contribution in [0.25, 0.3) is 10.8 Å². The van der Waals surface area contributed by atoms with Gasteiger partial charge in [-0.2, -0.15) is 0 Å². The molecule has 2 nitrogen and oxygen atoms in total. The van der Waals surface area contributed by atoms with Gasteiger partial charge in [0.1, 0.15) is 12.0 Å². The molecule has 1 N–H and O–H groups in total. The molecule has 0 aliphatic rings. The molecule has 0 fully saturated rings. The molecule has 0 saturated carbocycles. The molecule has 3 heteroatoms. The van der Waals surface area contributed by atoms with Crippen molar-refractivity contribution in [3.05, 3.63) is 36.4 Å². The number of fused-ring (bicyclic) bond motifs is 1. The molecule has 0 saturated heterocycles. The lowest BCUT2D eigenvalue weighted by molar-refractivity contribution is 0.476. The van der Waals surface area contributed by atoms with Gasteiger partial charge in [-0.05, 0) is 40.8 Å². The average Bonchev–Trinajstić information content (AvgIpc) is 2.16. The van der Waals surface area contributed by atoms with Crippen molar-refractivity contribution in [3.63, 3.8) is 0 Å². The Morgan fingerprint density at radius 1 is 1.21 bits per heavy atom. The van der Waals surface area contributed by atoms with E-state index in [1.165, 1.54) is 0 Å². The van der Waals surface area contributed by atoms with E-state index in [0.717, 1.165) is 15.7 Å². The maximum absolute atomic E-state index is 11.4. The predicted octanol–water partition coefficient (Wildman–Crippen LogP) is 2.28. The van der Waals surface area contributed by atoms with Crippen LogP contribution >= 0.6 is 0 Å². The summed E-state index contributed by atoms with van der Waals surface area (Å²) in [5.41, 5.74) is 0. The molecule has 2 rings (SSSR count). The van der Waals surface area contributed by atoms with Gasteiger partial charge >= 0.3 is 0 Å². The van der Waals surface area contributed by atoms with E-state index in [0.29, 0.717) is 0 Å². The number of hydrogen-bond donors (Lipinski definition) is 1. The lowest BCUT2D eigenvalue weighted by Gasteiger charge is -2.07. The van der Waals surface area contributed by atoms with E-state index in [9.17, 15) is 9.66 Å². The van der Waals surface area contributed by atoms with E-state index in [2.05, 4.69) is 0 Å². The quantitative estimate of drug-likeness (QED) is 0.727. The Kier molecular flexibility index (Phi) is 2.35. The van der Waals surface area contributed by atoms with Gasteiger partial charge in [-0.3, -0.25) is 0 Å². The van der Waals surface area contributed by atoms with E-state index < -0.39 is 11.2 Å². The second-order valence-electron chi connectivity index (χ2n) is 3.12. The van der Waals surface area contributed by atoms with Gasteiger partial charge in [-0.1, -0.05) is 12.1 Å². The number of phenolic OH excluding ortho intramolecular Hbond substituents is 1. The summed E-state index contributed by atoms with van der Waals surface area (Å²) in [5, 5.41) is 11.1. The molecule has 2 aromatic rings. The van der Waals surface area contributed by atoms with Gasteiger partial charge in [-0.15, -0.1) is 0 Å². The van der Waals surface area contributed by atoms with Gasteiger partial charge in [0.25, 0.3) is 0 Å². The van der Waals surface area contributed by atoms with Gasteiger partial charge in [0.2, 0.25) is 0 Å². The fraction of sp³-hybridized carbons (Fsp3) is 0.0909. The normalized spacial score (nSPS) is 13.0. The maximum Gasteiger partial charge on any atom is 0.160 e. The summed E-state index contributed by atoms with van der Waals surface area (Å²) < 4.78 is 11.4. The molecule has 0 bridgehead atoms. The Labute approximate surface area is 85.4 Å². The minimum absolute atomic E-state index is 0.233. The Morgan fingerprint density at radius 2 is 2.00 bits per heavy atom. The lowest BCUT2D eigenvalue weighted by Crippen LogP contribution is -1.97. The van der Waals surface area contributed by atoms with Crippen LogP contribution in [0.5, 0.6) is 5.75 Å². The Bertz CT molecular complexity index is 466. The zero-order valence-electron chi connectivity index (χ0n) is 7.73. The van der Waals surface area contributed by atoms with E-state index in [4.69, 9.17) is 0 Å². The summed E-state index contributed by atoms with van der Waals surface area (Å²) in [7, 11) is 0. The molecule has 0 radical (unpaired) electrons. The molecule has 0 spiro atoms. The first kappa shape index (κ1) is 9.37. The van der Waals surface area contributed by atoms with Crippen LogP contribution in [0, 0.1) is 0 Å². The smallest absolute Gasteiger partial charge is 0.160 e. The van der Waals surface area contributed by atoms with E-state index in [-0.39, 0.29) is 5.75 Å². The highest BCUT2D eigenvalue weighted by Crippen LogP contribution is 2.25. The molecular formula is C11H10O2S. The second kappa shape index (κ2) is 3.52. The molecule has 0 aliphatic carbocycles. The van der Waals surface area contributed by atoms with E-state index in [1.54, 1.807) is 24.5 Å². The Hall–Kier alpha value is -1.19. The highest BCUT2D eigenvalue weighted by molar-refractivity contribution is 7.91. The summed E-state index contributed by atoms with van der Waals surface area (Å²) in [5.74, 6) is 0.233.